The second kappa shape index (κ2) is 6.78. The molecule has 0 aliphatic rings. The van der Waals surface area contributed by atoms with Crippen molar-refractivity contribution in [2.24, 2.45) is 0 Å². The minimum atomic E-state index is -4.51. The van der Waals surface area contributed by atoms with Crippen molar-refractivity contribution >= 4 is 5.91 Å². The Morgan fingerprint density at radius 2 is 1.78 bits per heavy atom. The Kier molecular flexibility index (Phi) is 5.00. The van der Waals surface area contributed by atoms with Gasteiger partial charge in [0, 0.05) is 12.1 Å². The van der Waals surface area contributed by atoms with Crippen LogP contribution in [0.5, 0.6) is 0 Å². The maximum absolute atomic E-state index is 12.8. The van der Waals surface area contributed by atoms with Gasteiger partial charge < -0.3 is 10.4 Å². The van der Waals surface area contributed by atoms with Crippen molar-refractivity contribution in [2.45, 2.75) is 12.3 Å². The summed E-state index contributed by atoms with van der Waals surface area (Å²) in [6.45, 7) is -0.266. The van der Waals surface area contributed by atoms with Crippen LogP contribution < -0.4 is 5.32 Å². The molecule has 1 amide bonds. The summed E-state index contributed by atoms with van der Waals surface area (Å²) < 4.78 is 50.6. The number of hydrogen-bond donors (Lipinski definition) is 2. The predicted molar refractivity (Wildman–Crippen MR) is 75.1 cm³/mol. The molecule has 3 nitrogen and oxygen atoms in total. The van der Waals surface area contributed by atoms with E-state index in [0.717, 1.165) is 24.3 Å². The fourth-order valence-corrected chi connectivity index (χ4v) is 1.93. The van der Waals surface area contributed by atoms with Gasteiger partial charge in [0.15, 0.2) is 0 Å². The highest BCUT2D eigenvalue weighted by Crippen LogP contribution is 2.30. The molecule has 23 heavy (non-hydrogen) atoms. The van der Waals surface area contributed by atoms with Crippen LogP contribution in [0.1, 0.15) is 27.6 Å². The molecule has 2 rings (SSSR count). The first-order chi connectivity index (χ1) is 10.8. The molecule has 2 aromatic carbocycles. The molecule has 0 spiro atoms. The zero-order chi connectivity index (χ0) is 17.0. The number of halogens is 4. The third-order valence-electron chi connectivity index (χ3n) is 3.16. The van der Waals surface area contributed by atoms with Gasteiger partial charge in [-0.2, -0.15) is 13.2 Å². The second-order valence-electron chi connectivity index (χ2n) is 4.86. The van der Waals surface area contributed by atoms with Crippen molar-refractivity contribution in [3.05, 3.63) is 71.0 Å². The lowest BCUT2D eigenvalue weighted by atomic mass is 10.1. The molecule has 2 aromatic rings. The summed E-state index contributed by atoms with van der Waals surface area (Å²) in [6.07, 6.45) is -5.80. The van der Waals surface area contributed by atoms with Crippen molar-refractivity contribution in [3.8, 4) is 0 Å². The van der Waals surface area contributed by atoms with Crippen molar-refractivity contribution < 1.29 is 27.5 Å². The van der Waals surface area contributed by atoms with Crippen molar-refractivity contribution in [1.82, 2.24) is 5.32 Å². The summed E-state index contributed by atoms with van der Waals surface area (Å²) in [5, 5.41) is 12.3. The van der Waals surface area contributed by atoms with Gasteiger partial charge in [-0.25, -0.2) is 4.39 Å². The van der Waals surface area contributed by atoms with Crippen LogP contribution in [0.4, 0.5) is 17.6 Å². The minimum Gasteiger partial charge on any atom is -0.387 e. The van der Waals surface area contributed by atoms with Crippen molar-refractivity contribution in [1.29, 1.82) is 0 Å². The molecule has 7 heteroatoms. The maximum Gasteiger partial charge on any atom is 0.416 e. The van der Waals surface area contributed by atoms with Gasteiger partial charge in [-0.15, -0.1) is 0 Å². The Balaban J connectivity index is 2.01. The summed E-state index contributed by atoms with van der Waals surface area (Å²) in [6, 6.07) is 8.99. The number of carbonyl (C=O) groups is 1. The first kappa shape index (κ1) is 17.0. The van der Waals surface area contributed by atoms with Gasteiger partial charge in [-0.3, -0.25) is 4.79 Å². The highest BCUT2D eigenvalue weighted by atomic mass is 19.4. The summed E-state index contributed by atoms with van der Waals surface area (Å²) in [5.41, 5.74) is -0.652. The SMILES string of the molecule is O=C(NCC(O)c1cccc(C(F)(F)F)c1)c1ccc(F)cc1. The second-order valence-corrected chi connectivity index (χ2v) is 4.86. The van der Waals surface area contributed by atoms with Crippen LogP contribution in [-0.4, -0.2) is 17.6 Å². The minimum absolute atomic E-state index is 0.0410. The van der Waals surface area contributed by atoms with Crippen LogP contribution in [0, 0.1) is 5.82 Å². The van der Waals surface area contributed by atoms with E-state index in [2.05, 4.69) is 5.32 Å². The number of aliphatic hydroxyl groups is 1. The summed E-state index contributed by atoms with van der Waals surface area (Å²) >= 11 is 0. The van der Waals surface area contributed by atoms with Gasteiger partial charge in [-0.05, 0) is 42.0 Å². The highest BCUT2D eigenvalue weighted by molar-refractivity contribution is 5.94. The smallest absolute Gasteiger partial charge is 0.387 e. The molecule has 0 saturated heterocycles. The maximum atomic E-state index is 12.8. The molecule has 0 aliphatic carbocycles. The molecule has 0 bridgehead atoms. The number of aliphatic hydroxyl groups excluding tert-OH is 1. The lowest BCUT2D eigenvalue weighted by Crippen LogP contribution is -2.28. The van der Waals surface area contributed by atoms with E-state index >= 15 is 0 Å². The van der Waals surface area contributed by atoms with E-state index < -0.39 is 29.6 Å². The van der Waals surface area contributed by atoms with Gasteiger partial charge >= 0.3 is 6.18 Å². The van der Waals surface area contributed by atoms with Crippen LogP contribution in [0.3, 0.4) is 0 Å². The van der Waals surface area contributed by atoms with E-state index in [9.17, 15) is 27.5 Å². The van der Waals surface area contributed by atoms with Gasteiger partial charge in [0.2, 0.25) is 0 Å². The van der Waals surface area contributed by atoms with E-state index in [1.165, 1.54) is 24.3 Å². The monoisotopic (exact) mass is 327 g/mol. The molecular weight excluding hydrogens is 314 g/mol. The average molecular weight is 327 g/mol. The first-order valence-electron chi connectivity index (χ1n) is 6.66. The predicted octanol–water partition coefficient (Wildman–Crippen LogP) is 3.31. The van der Waals surface area contributed by atoms with Crippen LogP contribution >= 0.6 is 0 Å². The van der Waals surface area contributed by atoms with Gasteiger partial charge in [0.25, 0.3) is 5.91 Å². The highest BCUT2D eigenvalue weighted by Gasteiger charge is 2.30. The van der Waals surface area contributed by atoms with Crippen molar-refractivity contribution in [3.63, 3.8) is 0 Å². The third kappa shape index (κ3) is 4.53. The Morgan fingerprint density at radius 3 is 2.39 bits per heavy atom. The van der Waals surface area contributed by atoms with Crippen LogP contribution in [0.25, 0.3) is 0 Å². The topological polar surface area (TPSA) is 49.3 Å². The fraction of sp³-hybridized carbons (Fsp3) is 0.188. The van der Waals surface area contributed by atoms with E-state index in [-0.39, 0.29) is 17.7 Å². The lowest BCUT2D eigenvalue weighted by molar-refractivity contribution is -0.137. The molecule has 0 aromatic heterocycles. The third-order valence-corrected chi connectivity index (χ3v) is 3.16. The fourth-order valence-electron chi connectivity index (χ4n) is 1.93. The number of nitrogens with one attached hydrogen (secondary N) is 1. The molecule has 0 aliphatic heterocycles. The lowest BCUT2D eigenvalue weighted by Gasteiger charge is -2.14. The summed E-state index contributed by atoms with van der Waals surface area (Å²) in [4.78, 5) is 11.8. The van der Waals surface area contributed by atoms with E-state index in [1.54, 1.807) is 0 Å². The van der Waals surface area contributed by atoms with Gasteiger partial charge in [0.1, 0.15) is 5.82 Å². The summed E-state index contributed by atoms with van der Waals surface area (Å²) in [5.74, 6) is -1.05. The molecule has 0 saturated carbocycles. The molecule has 0 fully saturated rings. The number of benzene rings is 2. The zero-order valence-electron chi connectivity index (χ0n) is 11.8. The standard InChI is InChI=1S/C16H13F4NO2/c17-13-6-4-10(5-7-13)15(23)21-9-14(22)11-2-1-3-12(8-11)16(18,19)20/h1-8,14,22H,9H2,(H,21,23). The average Bonchev–Trinajstić information content (AvgIpc) is 2.52. The van der Waals surface area contributed by atoms with Crippen molar-refractivity contribution in [2.75, 3.05) is 6.54 Å². The van der Waals surface area contributed by atoms with Crippen LogP contribution in [0.15, 0.2) is 48.5 Å². The number of amides is 1. The normalized spacial score (nSPS) is 12.7. The molecule has 0 radical (unpaired) electrons. The Labute approximate surface area is 129 Å². The molecular formula is C16H13F4NO2. The van der Waals surface area contributed by atoms with Gasteiger partial charge in [-0.1, -0.05) is 12.1 Å². The quantitative estimate of drug-likeness (QED) is 0.847. The largest absolute Gasteiger partial charge is 0.416 e. The Bertz CT molecular complexity index is 683. The van der Waals surface area contributed by atoms with E-state index in [0.29, 0.717) is 0 Å². The first-order valence-corrected chi connectivity index (χ1v) is 6.66. The Morgan fingerprint density at radius 1 is 1.13 bits per heavy atom. The number of hydrogen-bond acceptors (Lipinski definition) is 2. The molecule has 122 valence electrons. The summed E-state index contributed by atoms with van der Waals surface area (Å²) in [7, 11) is 0. The van der Waals surface area contributed by atoms with E-state index in [1.807, 2.05) is 0 Å². The van der Waals surface area contributed by atoms with Crippen LogP contribution in [-0.2, 0) is 6.18 Å². The molecule has 1 atom stereocenters. The zero-order valence-corrected chi connectivity index (χ0v) is 11.8. The number of rotatable bonds is 4. The van der Waals surface area contributed by atoms with Crippen LogP contribution in [0.2, 0.25) is 0 Å². The Hall–Kier alpha value is -2.41. The number of alkyl halides is 3. The molecule has 1 unspecified atom stereocenters. The molecule has 2 N–H and O–H groups in total. The molecule has 0 heterocycles. The number of carbonyl (C=O) groups excluding carboxylic acids is 1. The van der Waals surface area contributed by atoms with E-state index in [4.69, 9.17) is 0 Å². The van der Waals surface area contributed by atoms with Gasteiger partial charge in [0.05, 0.1) is 11.7 Å².